The molecule has 1 unspecified atom stereocenters. The van der Waals surface area contributed by atoms with E-state index in [9.17, 15) is 9.59 Å². The summed E-state index contributed by atoms with van der Waals surface area (Å²) in [6.07, 6.45) is 0.997. The van der Waals surface area contributed by atoms with Gasteiger partial charge in [0.1, 0.15) is 6.04 Å². The second-order valence-corrected chi connectivity index (χ2v) is 7.85. The van der Waals surface area contributed by atoms with Crippen LogP contribution in [-0.4, -0.2) is 35.1 Å². The second-order valence-electron chi connectivity index (χ2n) is 6.68. The Labute approximate surface area is 172 Å². The molecule has 0 spiro atoms. The van der Waals surface area contributed by atoms with Crippen molar-refractivity contribution in [2.45, 2.75) is 51.1 Å². The smallest absolute Gasteiger partial charge is 0.242 e. The lowest BCUT2D eigenvalue weighted by Crippen LogP contribution is -2.49. The van der Waals surface area contributed by atoms with Crippen LogP contribution in [0.2, 0.25) is 0 Å². The van der Waals surface area contributed by atoms with Gasteiger partial charge in [0.2, 0.25) is 11.8 Å². The highest BCUT2D eigenvalue weighted by Crippen LogP contribution is 2.20. The van der Waals surface area contributed by atoms with Crippen molar-refractivity contribution in [3.8, 4) is 0 Å². The van der Waals surface area contributed by atoms with Crippen LogP contribution in [0.15, 0.2) is 59.5 Å². The van der Waals surface area contributed by atoms with E-state index < -0.39 is 6.04 Å². The molecule has 2 aromatic rings. The monoisotopic (exact) mass is 398 g/mol. The van der Waals surface area contributed by atoms with Gasteiger partial charge < -0.3 is 10.2 Å². The Hall–Kier alpha value is -2.27. The number of nitrogens with zero attached hydrogens (tertiary/aromatic N) is 1. The standard InChI is InChI=1S/C23H30N2O2S/c1-4-21(23(27)24-5-2)25(17-19-12-10-9-11-18(19)3)22(26)15-16-28-20-13-7-6-8-14-20/h6-14,21H,4-5,15-17H2,1-3H3,(H,24,27). The lowest BCUT2D eigenvalue weighted by Gasteiger charge is -2.31. The topological polar surface area (TPSA) is 49.4 Å². The van der Waals surface area contributed by atoms with E-state index in [4.69, 9.17) is 0 Å². The molecule has 2 rings (SSSR count). The maximum absolute atomic E-state index is 13.1. The van der Waals surface area contributed by atoms with Gasteiger partial charge in [-0.3, -0.25) is 9.59 Å². The molecular weight excluding hydrogens is 368 g/mol. The average Bonchev–Trinajstić information content (AvgIpc) is 2.70. The second kappa shape index (κ2) is 11.5. The zero-order valence-corrected chi connectivity index (χ0v) is 17.8. The van der Waals surface area contributed by atoms with Crippen LogP contribution in [0.1, 0.15) is 37.8 Å². The Morgan fingerprint density at radius 3 is 2.36 bits per heavy atom. The van der Waals surface area contributed by atoms with Gasteiger partial charge in [0.25, 0.3) is 0 Å². The summed E-state index contributed by atoms with van der Waals surface area (Å²) in [6, 6.07) is 17.6. The molecule has 4 nitrogen and oxygen atoms in total. The molecule has 0 aliphatic carbocycles. The fourth-order valence-electron chi connectivity index (χ4n) is 3.10. The normalized spacial score (nSPS) is 11.7. The van der Waals surface area contributed by atoms with Crippen molar-refractivity contribution in [2.75, 3.05) is 12.3 Å². The molecule has 28 heavy (non-hydrogen) atoms. The minimum atomic E-state index is -0.450. The number of benzene rings is 2. The molecule has 1 N–H and O–H groups in total. The van der Waals surface area contributed by atoms with Crippen LogP contribution in [0.4, 0.5) is 0 Å². The third kappa shape index (κ3) is 6.41. The van der Waals surface area contributed by atoms with E-state index in [1.807, 2.05) is 75.4 Å². The molecule has 0 aromatic heterocycles. The molecule has 0 bridgehead atoms. The number of aryl methyl sites for hydroxylation is 1. The summed E-state index contributed by atoms with van der Waals surface area (Å²) in [4.78, 5) is 28.6. The van der Waals surface area contributed by atoms with Crippen LogP contribution >= 0.6 is 11.8 Å². The van der Waals surface area contributed by atoms with Crippen molar-refractivity contribution in [1.82, 2.24) is 10.2 Å². The van der Waals surface area contributed by atoms with E-state index in [1.165, 1.54) is 0 Å². The first kappa shape index (κ1) is 22.0. The first-order valence-electron chi connectivity index (χ1n) is 9.86. The third-order valence-corrected chi connectivity index (χ3v) is 5.68. The van der Waals surface area contributed by atoms with Crippen molar-refractivity contribution in [1.29, 1.82) is 0 Å². The van der Waals surface area contributed by atoms with E-state index in [2.05, 4.69) is 5.32 Å². The number of carbonyl (C=O) groups is 2. The van der Waals surface area contributed by atoms with Gasteiger partial charge >= 0.3 is 0 Å². The van der Waals surface area contributed by atoms with Crippen LogP contribution in [0, 0.1) is 6.92 Å². The Balaban J connectivity index is 2.12. The third-order valence-electron chi connectivity index (χ3n) is 4.67. The van der Waals surface area contributed by atoms with E-state index in [0.29, 0.717) is 31.7 Å². The highest BCUT2D eigenvalue weighted by Gasteiger charge is 2.28. The number of amides is 2. The Bertz CT molecular complexity index is 764. The number of rotatable bonds is 10. The van der Waals surface area contributed by atoms with Crippen molar-refractivity contribution >= 4 is 23.6 Å². The van der Waals surface area contributed by atoms with E-state index in [1.54, 1.807) is 16.7 Å². The lowest BCUT2D eigenvalue weighted by molar-refractivity contribution is -0.141. The first-order valence-corrected chi connectivity index (χ1v) is 10.8. The zero-order valence-electron chi connectivity index (χ0n) is 17.0. The highest BCUT2D eigenvalue weighted by molar-refractivity contribution is 7.99. The van der Waals surface area contributed by atoms with Crippen LogP contribution in [0.5, 0.6) is 0 Å². The van der Waals surface area contributed by atoms with Gasteiger partial charge in [0, 0.05) is 30.2 Å². The summed E-state index contributed by atoms with van der Waals surface area (Å²) in [6.45, 7) is 6.91. The molecule has 0 heterocycles. The number of hydrogen-bond donors (Lipinski definition) is 1. The summed E-state index contributed by atoms with van der Waals surface area (Å²) >= 11 is 1.67. The summed E-state index contributed by atoms with van der Waals surface area (Å²) in [7, 11) is 0. The van der Waals surface area contributed by atoms with Gasteiger partial charge in [0.05, 0.1) is 0 Å². The molecule has 0 saturated heterocycles. The lowest BCUT2D eigenvalue weighted by atomic mass is 10.1. The van der Waals surface area contributed by atoms with Crippen LogP contribution < -0.4 is 5.32 Å². The highest BCUT2D eigenvalue weighted by atomic mass is 32.2. The Morgan fingerprint density at radius 1 is 1.04 bits per heavy atom. The molecule has 1 atom stereocenters. The average molecular weight is 399 g/mol. The number of likely N-dealkylation sites (N-methyl/N-ethyl adjacent to an activating group) is 1. The predicted molar refractivity (Wildman–Crippen MR) is 116 cm³/mol. The minimum Gasteiger partial charge on any atom is -0.355 e. The molecule has 150 valence electrons. The van der Waals surface area contributed by atoms with Gasteiger partial charge in [-0.25, -0.2) is 0 Å². The molecule has 0 aliphatic heterocycles. The molecule has 0 fully saturated rings. The van der Waals surface area contributed by atoms with Gasteiger partial charge in [-0.15, -0.1) is 11.8 Å². The largest absolute Gasteiger partial charge is 0.355 e. The molecule has 0 saturated carbocycles. The van der Waals surface area contributed by atoms with Crippen molar-refractivity contribution in [3.63, 3.8) is 0 Å². The van der Waals surface area contributed by atoms with E-state index >= 15 is 0 Å². The zero-order chi connectivity index (χ0) is 20.4. The number of carbonyl (C=O) groups excluding carboxylic acids is 2. The molecular formula is C23H30N2O2S. The number of nitrogens with one attached hydrogen (secondary N) is 1. The van der Waals surface area contributed by atoms with Crippen LogP contribution in [0.3, 0.4) is 0 Å². The van der Waals surface area contributed by atoms with Crippen molar-refractivity contribution < 1.29 is 9.59 Å². The maximum Gasteiger partial charge on any atom is 0.242 e. The SMILES string of the molecule is CCNC(=O)C(CC)N(Cc1ccccc1C)C(=O)CCSc1ccccc1. The quantitative estimate of drug-likeness (QED) is 0.603. The summed E-state index contributed by atoms with van der Waals surface area (Å²) in [5.41, 5.74) is 2.21. The van der Waals surface area contributed by atoms with E-state index in [-0.39, 0.29) is 11.8 Å². The predicted octanol–water partition coefficient (Wildman–Crippen LogP) is 4.42. The first-order chi connectivity index (χ1) is 13.6. The van der Waals surface area contributed by atoms with Crippen LogP contribution in [0.25, 0.3) is 0 Å². The maximum atomic E-state index is 13.1. The number of thioether (sulfide) groups is 1. The van der Waals surface area contributed by atoms with Crippen molar-refractivity contribution in [2.24, 2.45) is 0 Å². The van der Waals surface area contributed by atoms with Gasteiger partial charge in [-0.05, 0) is 43.5 Å². The van der Waals surface area contributed by atoms with Gasteiger partial charge in [-0.2, -0.15) is 0 Å². The summed E-state index contributed by atoms with van der Waals surface area (Å²) < 4.78 is 0. The molecule has 0 radical (unpaired) electrons. The molecule has 2 aromatic carbocycles. The fourth-order valence-corrected chi connectivity index (χ4v) is 3.96. The van der Waals surface area contributed by atoms with Crippen molar-refractivity contribution in [3.05, 3.63) is 65.7 Å². The molecule has 2 amide bonds. The molecule has 0 aliphatic rings. The van der Waals surface area contributed by atoms with Gasteiger partial charge in [-0.1, -0.05) is 49.4 Å². The number of hydrogen-bond acceptors (Lipinski definition) is 3. The Kier molecular flexibility index (Phi) is 9.08. The van der Waals surface area contributed by atoms with Gasteiger partial charge in [0.15, 0.2) is 0 Å². The molecule has 5 heteroatoms. The Morgan fingerprint density at radius 2 is 1.71 bits per heavy atom. The van der Waals surface area contributed by atoms with Crippen LogP contribution in [-0.2, 0) is 16.1 Å². The minimum absolute atomic E-state index is 0.0183. The fraction of sp³-hybridized carbons (Fsp3) is 0.391. The summed E-state index contributed by atoms with van der Waals surface area (Å²) in [5, 5.41) is 2.88. The van der Waals surface area contributed by atoms with E-state index in [0.717, 1.165) is 16.0 Å². The summed E-state index contributed by atoms with van der Waals surface area (Å²) in [5.74, 6) is 0.631.